The molecule has 5 nitrogen and oxygen atoms in total. The van der Waals surface area contributed by atoms with Crippen molar-refractivity contribution in [2.45, 2.75) is 32.6 Å². The molecule has 1 amide bonds. The molecule has 6 heteroatoms. The Morgan fingerprint density at radius 3 is 2.86 bits per heavy atom. The van der Waals surface area contributed by atoms with E-state index in [1.807, 2.05) is 0 Å². The molecule has 0 radical (unpaired) electrons. The standard InChI is InChI=1S/C16H19BrN2O3/c1-16-5-3-2-4-10(16)14(16)15(22)19-18-8-9-6-11(17)13(21)7-12(9)20/h6-8,10,14,20-21H,2-5H2,1H3,(H,19,22)/b18-8+. The van der Waals surface area contributed by atoms with Gasteiger partial charge in [0.2, 0.25) is 5.91 Å². The molecule has 22 heavy (non-hydrogen) atoms. The highest BCUT2D eigenvalue weighted by Crippen LogP contribution is 2.66. The predicted octanol–water partition coefficient (Wildman–Crippen LogP) is 3.14. The Balaban J connectivity index is 1.63. The number of nitrogens with zero attached hydrogens (tertiary/aromatic N) is 1. The average Bonchev–Trinajstić information content (AvgIpc) is 3.10. The third-order valence-electron chi connectivity index (χ3n) is 5.09. The van der Waals surface area contributed by atoms with Crippen molar-refractivity contribution in [3.05, 3.63) is 22.2 Å². The topological polar surface area (TPSA) is 81.9 Å². The molecular formula is C16H19BrN2O3. The van der Waals surface area contributed by atoms with Gasteiger partial charge in [-0.25, -0.2) is 5.43 Å². The van der Waals surface area contributed by atoms with Crippen LogP contribution in [0.3, 0.4) is 0 Å². The Hall–Kier alpha value is -1.56. The first-order chi connectivity index (χ1) is 10.4. The number of nitrogens with one attached hydrogen (secondary N) is 1. The quantitative estimate of drug-likeness (QED) is 0.567. The number of benzene rings is 1. The third-order valence-corrected chi connectivity index (χ3v) is 5.72. The summed E-state index contributed by atoms with van der Waals surface area (Å²) >= 11 is 3.17. The minimum absolute atomic E-state index is 0.0389. The summed E-state index contributed by atoms with van der Waals surface area (Å²) < 4.78 is 0.457. The maximum atomic E-state index is 12.2. The highest BCUT2D eigenvalue weighted by atomic mass is 79.9. The number of aromatic hydroxyl groups is 2. The number of carbonyl (C=O) groups is 1. The smallest absolute Gasteiger partial charge is 0.244 e. The SMILES string of the molecule is CC12CCCCC1C2C(=O)N/N=C/c1cc(Br)c(O)cc1O. The Kier molecular flexibility index (Phi) is 3.89. The van der Waals surface area contributed by atoms with Crippen molar-refractivity contribution in [1.29, 1.82) is 0 Å². The van der Waals surface area contributed by atoms with Crippen molar-refractivity contribution in [1.82, 2.24) is 5.43 Å². The molecule has 1 aromatic rings. The number of hydrogen-bond acceptors (Lipinski definition) is 4. The predicted molar refractivity (Wildman–Crippen MR) is 86.8 cm³/mol. The molecule has 1 aromatic carbocycles. The average molecular weight is 367 g/mol. The monoisotopic (exact) mass is 366 g/mol. The van der Waals surface area contributed by atoms with Crippen LogP contribution in [0, 0.1) is 17.3 Å². The van der Waals surface area contributed by atoms with E-state index < -0.39 is 0 Å². The van der Waals surface area contributed by atoms with Gasteiger partial charge < -0.3 is 10.2 Å². The molecule has 0 bridgehead atoms. The molecular weight excluding hydrogens is 348 g/mol. The van der Waals surface area contributed by atoms with Crippen molar-refractivity contribution in [2.24, 2.45) is 22.4 Å². The van der Waals surface area contributed by atoms with Gasteiger partial charge in [0.25, 0.3) is 0 Å². The number of hydrogen-bond donors (Lipinski definition) is 3. The lowest BCUT2D eigenvalue weighted by atomic mass is 9.90. The fourth-order valence-corrected chi connectivity index (χ4v) is 4.12. The van der Waals surface area contributed by atoms with Crippen LogP contribution >= 0.6 is 15.9 Å². The second-order valence-corrected chi connectivity index (χ2v) is 7.29. The fraction of sp³-hybridized carbons (Fsp3) is 0.500. The molecule has 2 fully saturated rings. The summed E-state index contributed by atoms with van der Waals surface area (Å²) in [7, 11) is 0. The first-order valence-corrected chi connectivity index (χ1v) is 8.27. The third kappa shape index (κ3) is 2.60. The largest absolute Gasteiger partial charge is 0.507 e. The van der Waals surface area contributed by atoms with Crippen LogP contribution in [0.15, 0.2) is 21.7 Å². The maximum Gasteiger partial charge on any atom is 0.244 e. The van der Waals surface area contributed by atoms with Crippen LogP contribution in [0.1, 0.15) is 38.2 Å². The van der Waals surface area contributed by atoms with E-state index in [-0.39, 0.29) is 28.7 Å². The molecule has 2 aliphatic rings. The molecule has 2 aliphatic carbocycles. The highest BCUT2D eigenvalue weighted by molar-refractivity contribution is 9.10. The van der Waals surface area contributed by atoms with E-state index in [2.05, 4.69) is 33.4 Å². The second-order valence-electron chi connectivity index (χ2n) is 6.43. The Bertz CT molecular complexity index is 647. The molecule has 3 rings (SSSR count). The zero-order chi connectivity index (χ0) is 15.9. The number of rotatable bonds is 3. The van der Waals surface area contributed by atoms with E-state index in [9.17, 15) is 15.0 Å². The first kappa shape index (κ1) is 15.3. The number of phenols is 2. The minimum atomic E-state index is -0.0919. The van der Waals surface area contributed by atoms with E-state index in [1.165, 1.54) is 25.1 Å². The first-order valence-electron chi connectivity index (χ1n) is 7.48. The zero-order valence-electron chi connectivity index (χ0n) is 12.3. The molecule has 0 heterocycles. The normalized spacial score (nSPS) is 30.1. The van der Waals surface area contributed by atoms with Gasteiger partial charge in [0.05, 0.1) is 10.7 Å². The molecule has 3 N–H and O–H groups in total. The summed E-state index contributed by atoms with van der Waals surface area (Å²) in [6.07, 6.45) is 6.04. The molecule has 3 atom stereocenters. The van der Waals surface area contributed by atoms with Gasteiger partial charge in [0, 0.05) is 17.5 Å². The fourth-order valence-electron chi connectivity index (χ4n) is 3.76. The summed E-state index contributed by atoms with van der Waals surface area (Å²) in [5.74, 6) is 0.377. The van der Waals surface area contributed by atoms with Gasteiger partial charge in [0.1, 0.15) is 11.5 Å². The molecule has 2 saturated carbocycles. The Morgan fingerprint density at radius 1 is 1.41 bits per heavy atom. The van der Waals surface area contributed by atoms with Gasteiger partial charge in [0.15, 0.2) is 0 Å². The van der Waals surface area contributed by atoms with Crippen LogP contribution in [0.5, 0.6) is 11.5 Å². The molecule has 0 aromatic heterocycles. The van der Waals surface area contributed by atoms with Gasteiger partial charge in [-0.3, -0.25) is 4.79 Å². The molecule has 0 spiro atoms. The van der Waals surface area contributed by atoms with Crippen LogP contribution in [-0.4, -0.2) is 22.3 Å². The number of hydrazone groups is 1. The van der Waals surface area contributed by atoms with Crippen LogP contribution in [0.4, 0.5) is 0 Å². The van der Waals surface area contributed by atoms with Crippen LogP contribution in [0.25, 0.3) is 0 Å². The van der Waals surface area contributed by atoms with Crippen molar-refractivity contribution in [3.63, 3.8) is 0 Å². The molecule has 0 aliphatic heterocycles. The minimum Gasteiger partial charge on any atom is -0.507 e. The number of halogens is 1. The Labute approximate surface area is 137 Å². The van der Waals surface area contributed by atoms with E-state index in [1.54, 1.807) is 6.07 Å². The second kappa shape index (κ2) is 5.57. The van der Waals surface area contributed by atoms with Gasteiger partial charge in [-0.05, 0) is 46.2 Å². The van der Waals surface area contributed by atoms with E-state index in [0.717, 1.165) is 12.8 Å². The number of carbonyl (C=O) groups excluding carboxylic acids is 1. The number of amides is 1. The summed E-state index contributed by atoms with van der Waals surface area (Å²) in [5.41, 5.74) is 3.15. The summed E-state index contributed by atoms with van der Waals surface area (Å²) in [6.45, 7) is 2.19. The summed E-state index contributed by atoms with van der Waals surface area (Å²) in [4.78, 5) is 12.2. The lowest BCUT2D eigenvalue weighted by Gasteiger charge is -2.15. The van der Waals surface area contributed by atoms with Crippen molar-refractivity contribution in [3.8, 4) is 11.5 Å². The summed E-state index contributed by atoms with van der Waals surface area (Å²) in [6, 6.07) is 2.77. The lowest BCUT2D eigenvalue weighted by Crippen LogP contribution is -2.22. The zero-order valence-corrected chi connectivity index (χ0v) is 13.9. The van der Waals surface area contributed by atoms with Gasteiger partial charge in [-0.15, -0.1) is 0 Å². The maximum absolute atomic E-state index is 12.2. The lowest BCUT2D eigenvalue weighted by molar-refractivity contribution is -0.123. The van der Waals surface area contributed by atoms with E-state index >= 15 is 0 Å². The highest BCUT2D eigenvalue weighted by Gasteiger charge is 2.64. The van der Waals surface area contributed by atoms with Crippen molar-refractivity contribution >= 4 is 28.1 Å². The van der Waals surface area contributed by atoms with E-state index in [4.69, 9.17) is 0 Å². The number of fused-ring (bicyclic) bond motifs is 1. The van der Waals surface area contributed by atoms with Gasteiger partial charge in [-0.2, -0.15) is 5.10 Å². The van der Waals surface area contributed by atoms with Gasteiger partial charge in [-0.1, -0.05) is 19.8 Å². The molecule has 118 valence electrons. The summed E-state index contributed by atoms with van der Waals surface area (Å²) in [5, 5.41) is 23.1. The molecule has 3 unspecified atom stereocenters. The van der Waals surface area contributed by atoms with Gasteiger partial charge >= 0.3 is 0 Å². The Morgan fingerprint density at radius 2 is 2.18 bits per heavy atom. The molecule has 0 saturated heterocycles. The van der Waals surface area contributed by atoms with Crippen LogP contribution in [0.2, 0.25) is 0 Å². The van der Waals surface area contributed by atoms with Crippen molar-refractivity contribution in [2.75, 3.05) is 0 Å². The van der Waals surface area contributed by atoms with E-state index in [0.29, 0.717) is 16.0 Å². The van der Waals surface area contributed by atoms with Crippen LogP contribution < -0.4 is 5.43 Å². The van der Waals surface area contributed by atoms with Crippen molar-refractivity contribution < 1.29 is 15.0 Å². The van der Waals surface area contributed by atoms with Crippen LogP contribution in [-0.2, 0) is 4.79 Å². The number of phenolic OH excluding ortho intramolecular Hbond substituents is 2.